The zero-order valence-corrected chi connectivity index (χ0v) is 22.5. The van der Waals surface area contributed by atoms with Crippen molar-refractivity contribution in [3.05, 3.63) is 63.2 Å². The number of rotatable bonds is 7. The Hall–Kier alpha value is -2.82. The largest absolute Gasteiger partial charge is 0.497 e. The van der Waals surface area contributed by atoms with Crippen molar-refractivity contribution in [3.63, 3.8) is 0 Å². The Labute approximate surface area is 214 Å². The van der Waals surface area contributed by atoms with Gasteiger partial charge in [0.05, 0.1) is 12.7 Å². The molecule has 0 radical (unpaired) electrons. The fraction of sp³-hybridized carbons (Fsp3) is 0.400. The van der Waals surface area contributed by atoms with Gasteiger partial charge in [-0.2, -0.15) is 0 Å². The molecular weight excluding hydrogens is 549 g/mol. The number of nitrogens with zero attached hydrogens (tertiary/aromatic N) is 1. The minimum Gasteiger partial charge on any atom is -0.497 e. The number of carbonyl (C=O) groups excluding carboxylic acids is 3. The van der Waals surface area contributed by atoms with Gasteiger partial charge in [-0.25, -0.2) is 15.2 Å². The highest BCUT2D eigenvalue weighted by Crippen LogP contribution is 2.19. The van der Waals surface area contributed by atoms with Crippen LogP contribution < -0.4 is 15.5 Å². The van der Waals surface area contributed by atoms with Crippen molar-refractivity contribution >= 4 is 40.5 Å². The van der Waals surface area contributed by atoms with Gasteiger partial charge in [0, 0.05) is 10.1 Å². The molecule has 0 aliphatic carbocycles. The Bertz CT molecular complexity index is 1000. The van der Waals surface area contributed by atoms with Crippen LogP contribution in [0.4, 0.5) is 4.79 Å². The normalized spacial score (nSPS) is 12.0. The lowest BCUT2D eigenvalue weighted by atomic mass is 10.0. The number of methoxy groups -OCH3 is 1. The molecule has 0 spiro atoms. The van der Waals surface area contributed by atoms with E-state index in [9.17, 15) is 14.4 Å². The third-order valence-corrected chi connectivity index (χ3v) is 5.68. The van der Waals surface area contributed by atoms with Crippen LogP contribution >= 0.6 is 22.6 Å². The van der Waals surface area contributed by atoms with E-state index in [1.54, 1.807) is 58.2 Å². The molecule has 184 valence electrons. The summed E-state index contributed by atoms with van der Waals surface area (Å²) in [7, 11) is 1.58. The number of amides is 3. The van der Waals surface area contributed by atoms with Gasteiger partial charge in [-0.3, -0.25) is 9.59 Å². The molecule has 1 atom stereocenters. The molecule has 34 heavy (non-hydrogen) atoms. The molecule has 2 aromatic carbocycles. The van der Waals surface area contributed by atoms with Gasteiger partial charge in [0.15, 0.2) is 0 Å². The number of hydrogen-bond acceptors (Lipinski definition) is 5. The summed E-state index contributed by atoms with van der Waals surface area (Å²) in [5.74, 6) is -0.502. The minimum absolute atomic E-state index is 0.253. The molecule has 0 aromatic heterocycles. The zero-order valence-electron chi connectivity index (χ0n) is 20.3. The maximum atomic E-state index is 13.5. The summed E-state index contributed by atoms with van der Waals surface area (Å²) in [6.07, 6.45) is -0.819. The number of benzene rings is 2. The van der Waals surface area contributed by atoms with Gasteiger partial charge < -0.3 is 14.8 Å². The summed E-state index contributed by atoms with van der Waals surface area (Å²) >= 11 is 2.05. The number of ether oxygens (including phenoxy) is 2. The van der Waals surface area contributed by atoms with Crippen LogP contribution in [0.25, 0.3) is 0 Å². The fourth-order valence-corrected chi connectivity index (χ4v) is 3.78. The van der Waals surface area contributed by atoms with Crippen LogP contribution in [0.15, 0.2) is 48.5 Å². The lowest BCUT2D eigenvalue weighted by molar-refractivity contribution is -0.128. The zero-order chi connectivity index (χ0) is 25.5. The van der Waals surface area contributed by atoms with Crippen molar-refractivity contribution in [1.82, 2.24) is 15.8 Å². The van der Waals surface area contributed by atoms with Crippen LogP contribution in [0.1, 0.15) is 50.5 Å². The predicted octanol–water partition coefficient (Wildman–Crippen LogP) is 4.52. The fourth-order valence-electron chi connectivity index (χ4n) is 3.17. The Morgan fingerprint density at radius 1 is 1.03 bits per heavy atom. The van der Waals surface area contributed by atoms with Gasteiger partial charge in [0.25, 0.3) is 5.91 Å². The molecule has 2 aromatic rings. The van der Waals surface area contributed by atoms with Gasteiger partial charge in [-0.1, -0.05) is 38.1 Å². The minimum atomic E-state index is -0.978. The maximum absolute atomic E-state index is 13.5. The van der Waals surface area contributed by atoms with E-state index in [2.05, 4.69) is 33.3 Å². The van der Waals surface area contributed by atoms with Crippen LogP contribution in [-0.4, -0.2) is 41.7 Å². The molecule has 0 saturated carbocycles. The van der Waals surface area contributed by atoms with Crippen LogP contribution in [0.3, 0.4) is 0 Å². The van der Waals surface area contributed by atoms with Crippen LogP contribution in [-0.2, 0) is 16.1 Å². The molecule has 0 bridgehead atoms. The molecule has 0 aliphatic heterocycles. The molecule has 0 heterocycles. The van der Waals surface area contributed by atoms with E-state index >= 15 is 0 Å². The van der Waals surface area contributed by atoms with Crippen molar-refractivity contribution in [3.8, 4) is 5.75 Å². The van der Waals surface area contributed by atoms with E-state index in [0.717, 1.165) is 10.6 Å². The second kappa shape index (κ2) is 12.0. The second-order valence-corrected chi connectivity index (χ2v) is 10.2. The highest BCUT2D eigenvalue weighted by molar-refractivity contribution is 14.1. The number of halogens is 1. The third-order valence-electron chi connectivity index (χ3n) is 4.74. The monoisotopic (exact) mass is 581 g/mol. The Morgan fingerprint density at radius 3 is 2.18 bits per heavy atom. The SMILES string of the molecule is COc1ccc(CNC(=O)C(C(C)C)N(NC(=O)OC(C)(C)C)C(=O)c2ccccc2I)cc1. The van der Waals surface area contributed by atoms with E-state index in [1.165, 1.54) is 0 Å². The molecule has 1 unspecified atom stereocenters. The standard InChI is InChI=1S/C25H32IN3O5/c1-16(2)21(22(30)27-15-17-11-13-18(33-6)14-12-17)29(28-24(32)34-25(3,4)5)23(31)19-9-7-8-10-20(19)26/h7-14,16,21H,15H2,1-6H3,(H,27,30)(H,28,32). The summed E-state index contributed by atoms with van der Waals surface area (Å²) < 4.78 is 11.2. The van der Waals surface area contributed by atoms with Crippen LogP contribution in [0, 0.1) is 9.49 Å². The number of nitrogens with one attached hydrogen (secondary N) is 2. The average molecular weight is 581 g/mol. The van der Waals surface area contributed by atoms with Gasteiger partial charge in [-0.05, 0) is 79.1 Å². The first kappa shape index (κ1) is 27.4. The van der Waals surface area contributed by atoms with Crippen molar-refractivity contribution in [1.29, 1.82) is 0 Å². The highest BCUT2D eigenvalue weighted by atomic mass is 127. The number of hydrogen-bond donors (Lipinski definition) is 2. The van der Waals surface area contributed by atoms with Gasteiger partial charge >= 0.3 is 6.09 Å². The van der Waals surface area contributed by atoms with E-state index in [1.807, 2.05) is 32.0 Å². The lowest BCUT2D eigenvalue weighted by Crippen LogP contribution is -2.59. The first-order valence-corrected chi connectivity index (χ1v) is 12.0. The quantitative estimate of drug-likeness (QED) is 0.370. The Kier molecular flexibility index (Phi) is 9.72. The highest BCUT2D eigenvalue weighted by Gasteiger charge is 2.36. The van der Waals surface area contributed by atoms with Gasteiger partial charge in [0.1, 0.15) is 17.4 Å². The van der Waals surface area contributed by atoms with E-state index in [-0.39, 0.29) is 12.5 Å². The lowest BCUT2D eigenvalue weighted by Gasteiger charge is -2.34. The maximum Gasteiger partial charge on any atom is 0.426 e. The van der Waals surface area contributed by atoms with Crippen molar-refractivity contribution in [2.75, 3.05) is 7.11 Å². The Morgan fingerprint density at radius 2 is 1.65 bits per heavy atom. The van der Waals surface area contributed by atoms with E-state index < -0.39 is 29.6 Å². The van der Waals surface area contributed by atoms with E-state index in [0.29, 0.717) is 14.9 Å². The predicted molar refractivity (Wildman–Crippen MR) is 138 cm³/mol. The molecule has 3 amide bonds. The smallest absolute Gasteiger partial charge is 0.426 e. The summed E-state index contributed by atoms with van der Waals surface area (Å²) in [5.41, 5.74) is 2.98. The first-order valence-electron chi connectivity index (χ1n) is 10.9. The van der Waals surface area contributed by atoms with Gasteiger partial charge in [-0.15, -0.1) is 0 Å². The van der Waals surface area contributed by atoms with Crippen molar-refractivity contribution < 1.29 is 23.9 Å². The second-order valence-electron chi connectivity index (χ2n) is 9.02. The van der Waals surface area contributed by atoms with Crippen molar-refractivity contribution in [2.45, 2.75) is 52.8 Å². The van der Waals surface area contributed by atoms with E-state index in [4.69, 9.17) is 9.47 Å². The molecule has 0 fully saturated rings. The summed E-state index contributed by atoms with van der Waals surface area (Å²) in [4.78, 5) is 39.4. The van der Waals surface area contributed by atoms with Crippen molar-refractivity contribution in [2.24, 2.45) is 5.92 Å². The molecular formula is C25H32IN3O5. The van der Waals surface area contributed by atoms with Gasteiger partial charge in [0.2, 0.25) is 5.91 Å². The summed E-state index contributed by atoms with van der Waals surface area (Å²) in [6.45, 7) is 9.04. The number of carbonyl (C=O) groups is 3. The number of hydrazine groups is 1. The Balaban J connectivity index is 2.31. The molecule has 0 saturated heterocycles. The third kappa shape index (κ3) is 7.89. The summed E-state index contributed by atoms with van der Waals surface area (Å²) in [5, 5.41) is 3.94. The average Bonchev–Trinajstić information content (AvgIpc) is 2.76. The summed E-state index contributed by atoms with van der Waals surface area (Å²) in [6, 6.07) is 13.3. The van der Waals surface area contributed by atoms with Crippen LogP contribution in [0.5, 0.6) is 5.75 Å². The molecule has 0 aliphatic rings. The van der Waals surface area contributed by atoms with Crippen LogP contribution in [0.2, 0.25) is 0 Å². The molecule has 2 rings (SSSR count). The molecule has 2 N–H and O–H groups in total. The topological polar surface area (TPSA) is 97.0 Å². The first-order chi connectivity index (χ1) is 15.9. The molecule has 8 nitrogen and oxygen atoms in total. The molecule has 9 heteroatoms.